The summed E-state index contributed by atoms with van der Waals surface area (Å²) < 4.78 is 0. The number of aromatic nitrogens is 2. The van der Waals surface area contributed by atoms with Crippen molar-refractivity contribution in [2.24, 2.45) is 5.41 Å². The van der Waals surface area contributed by atoms with Crippen LogP contribution in [0.15, 0.2) is 18.7 Å². The molecule has 0 fully saturated rings. The maximum atomic E-state index is 4.06. The molecule has 0 spiro atoms. The van der Waals surface area contributed by atoms with Crippen molar-refractivity contribution in [3.8, 4) is 0 Å². The van der Waals surface area contributed by atoms with Crippen molar-refractivity contribution in [1.82, 2.24) is 15.3 Å². The molecule has 17 heavy (non-hydrogen) atoms. The van der Waals surface area contributed by atoms with Gasteiger partial charge in [-0.3, -0.25) is 0 Å². The highest BCUT2D eigenvalue weighted by Gasteiger charge is 2.23. The lowest BCUT2D eigenvalue weighted by atomic mass is 9.83. The zero-order valence-corrected chi connectivity index (χ0v) is 11.5. The van der Waals surface area contributed by atoms with Crippen molar-refractivity contribution >= 4 is 0 Å². The number of aryl methyl sites for hydroxylation is 1. The van der Waals surface area contributed by atoms with E-state index in [0.29, 0.717) is 11.5 Å². The van der Waals surface area contributed by atoms with Gasteiger partial charge in [0.25, 0.3) is 0 Å². The minimum Gasteiger partial charge on any atom is -0.313 e. The van der Waals surface area contributed by atoms with Crippen LogP contribution >= 0.6 is 0 Å². The van der Waals surface area contributed by atoms with E-state index in [9.17, 15) is 0 Å². The van der Waals surface area contributed by atoms with E-state index in [1.165, 1.54) is 12.0 Å². The summed E-state index contributed by atoms with van der Waals surface area (Å²) in [4.78, 5) is 8.11. The average Bonchev–Trinajstić information content (AvgIpc) is 2.29. The third-order valence-corrected chi connectivity index (χ3v) is 3.02. The Morgan fingerprint density at radius 3 is 2.41 bits per heavy atom. The van der Waals surface area contributed by atoms with Crippen LogP contribution in [0.3, 0.4) is 0 Å². The number of nitrogens with one attached hydrogen (secondary N) is 1. The van der Waals surface area contributed by atoms with Crippen LogP contribution in [0.1, 0.15) is 46.1 Å². The van der Waals surface area contributed by atoms with Gasteiger partial charge in [-0.05, 0) is 36.8 Å². The van der Waals surface area contributed by atoms with Gasteiger partial charge in [0.2, 0.25) is 0 Å². The molecular weight excluding hydrogens is 210 g/mol. The van der Waals surface area contributed by atoms with E-state index in [1.54, 1.807) is 6.33 Å². The molecule has 1 aromatic rings. The summed E-state index contributed by atoms with van der Waals surface area (Å²) in [6, 6.07) is 0.544. The molecule has 0 aliphatic heterocycles. The predicted molar refractivity (Wildman–Crippen MR) is 71.9 cm³/mol. The molecule has 3 heteroatoms. The second-order valence-corrected chi connectivity index (χ2v) is 5.66. The minimum absolute atomic E-state index is 0.296. The van der Waals surface area contributed by atoms with Crippen LogP contribution < -0.4 is 5.32 Å². The van der Waals surface area contributed by atoms with Crippen LogP contribution in [0, 0.1) is 5.41 Å². The Hall–Kier alpha value is -0.960. The summed E-state index contributed by atoms with van der Waals surface area (Å²) in [7, 11) is 0. The monoisotopic (exact) mass is 235 g/mol. The maximum absolute atomic E-state index is 4.06. The Balaban J connectivity index is 2.49. The Morgan fingerprint density at radius 2 is 1.88 bits per heavy atom. The molecule has 0 amide bonds. The molecule has 1 unspecified atom stereocenters. The highest BCUT2D eigenvalue weighted by molar-refractivity contribution is 5.03. The van der Waals surface area contributed by atoms with Crippen LogP contribution in [0.2, 0.25) is 0 Å². The zero-order chi connectivity index (χ0) is 12.7. The molecule has 0 aromatic carbocycles. The molecular formula is C14H25N3. The first-order valence-electron chi connectivity index (χ1n) is 6.51. The maximum Gasteiger partial charge on any atom is 0.115 e. The van der Waals surface area contributed by atoms with E-state index in [-0.39, 0.29) is 0 Å². The molecule has 0 aliphatic rings. The summed E-state index contributed by atoms with van der Waals surface area (Å²) in [5, 5.41) is 3.64. The van der Waals surface area contributed by atoms with Crippen LogP contribution in [0.4, 0.5) is 0 Å². The van der Waals surface area contributed by atoms with E-state index in [0.717, 1.165) is 19.4 Å². The van der Waals surface area contributed by atoms with Gasteiger partial charge in [0.05, 0.1) is 0 Å². The second-order valence-electron chi connectivity index (χ2n) is 5.66. The Bertz CT molecular complexity index is 303. The SMILES string of the molecule is CCCNC(CCc1cncnc1)C(C)(C)C. The average molecular weight is 235 g/mol. The lowest BCUT2D eigenvalue weighted by Crippen LogP contribution is -2.41. The van der Waals surface area contributed by atoms with Crippen LogP contribution in [0.5, 0.6) is 0 Å². The molecule has 0 aliphatic carbocycles. The smallest absolute Gasteiger partial charge is 0.115 e. The topological polar surface area (TPSA) is 37.8 Å². The number of nitrogens with zero attached hydrogens (tertiary/aromatic N) is 2. The van der Waals surface area contributed by atoms with Crippen LogP contribution in [-0.4, -0.2) is 22.6 Å². The summed E-state index contributed by atoms with van der Waals surface area (Å²) in [6.07, 6.45) is 8.76. The van der Waals surface area contributed by atoms with E-state index in [1.807, 2.05) is 12.4 Å². The van der Waals surface area contributed by atoms with Crippen LogP contribution in [-0.2, 0) is 6.42 Å². The summed E-state index contributed by atoms with van der Waals surface area (Å²) >= 11 is 0. The molecule has 1 aromatic heterocycles. The zero-order valence-electron chi connectivity index (χ0n) is 11.5. The molecule has 3 nitrogen and oxygen atoms in total. The van der Waals surface area contributed by atoms with E-state index < -0.39 is 0 Å². The number of hydrogen-bond acceptors (Lipinski definition) is 3. The van der Waals surface area contributed by atoms with Crippen LogP contribution in [0.25, 0.3) is 0 Å². The number of hydrogen-bond donors (Lipinski definition) is 1. The van der Waals surface area contributed by atoms with E-state index >= 15 is 0 Å². The number of rotatable bonds is 6. The van der Waals surface area contributed by atoms with Gasteiger partial charge in [0.1, 0.15) is 6.33 Å². The molecule has 96 valence electrons. The van der Waals surface area contributed by atoms with Gasteiger partial charge in [0.15, 0.2) is 0 Å². The Kier molecular flexibility index (Phi) is 5.56. The molecule has 0 bridgehead atoms. The van der Waals surface area contributed by atoms with Gasteiger partial charge in [-0.15, -0.1) is 0 Å². The van der Waals surface area contributed by atoms with Gasteiger partial charge in [-0.2, -0.15) is 0 Å². The predicted octanol–water partition coefficient (Wildman–Crippen LogP) is 2.82. The fraction of sp³-hybridized carbons (Fsp3) is 0.714. The normalized spacial score (nSPS) is 13.6. The minimum atomic E-state index is 0.296. The van der Waals surface area contributed by atoms with Gasteiger partial charge in [-0.1, -0.05) is 27.7 Å². The first-order valence-corrected chi connectivity index (χ1v) is 6.51. The molecule has 1 N–H and O–H groups in total. The van der Waals surface area contributed by atoms with Crippen molar-refractivity contribution in [1.29, 1.82) is 0 Å². The third kappa shape index (κ3) is 5.26. The van der Waals surface area contributed by atoms with Gasteiger partial charge in [-0.25, -0.2) is 9.97 Å². The lowest BCUT2D eigenvalue weighted by Gasteiger charge is -2.31. The highest BCUT2D eigenvalue weighted by Crippen LogP contribution is 2.23. The highest BCUT2D eigenvalue weighted by atomic mass is 14.9. The summed E-state index contributed by atoms with van der Waals surface area (Å²) in [6.45, 7) is 10.2. The van der Waals surface area contributed by atoms with Crippen molar-refractivity contribution in [3.05, 3.63) is 24.3 Å². The van der Waals surface area contributed by atoms with Crippen molar-refractivity contribution in [2.45, 2.75) is 53.0 Å². The molecule has 0 saturated heterocycles. The quantitative estimate of drug-likeness (QED) is 0.824. The fourth-order valence-corrected chi connectivity index (χ4v) is 1.93. The standard InChI is InChI=1S/C14H25N3/c1-5-8-17-13(14(2,3)4)7-6-12-9-15-11-16-10-12/h9-11,13,17H,5-8H2,1-4H3. The molecule has 1 rings (SSSR count). The largest absolute Gasteiger partial charge is 0.313 e. The first-order chi connectivity index (χ1) is 8.04. The molecule has 0 saturated carbocycles. The second kappa shape index (κ2) is 6.70. The van der Waals surface area contributed by atoms with Gasteiger partial charge in [0, 0.05) is 18.4 Å². The molecule has 0 radical (unpaired) electrons. The lowest BCUT2D eigenvalue weighted by molar-refractivity contribution is 0.255. The Labute approximate surface area is 105 Å². The van der Waals surface area contributed by atoms with E-state index in [2.05, 4.69) is 43.0 Å². The van der Waals surface area contributed by atoms with Crippen molar-refractivity contribution in [3.63, 3.8) is 0 Å². The van der Waals surface area contributed by atoms with Crippen molar-refractivity contribution < 1.29 is 0 Å². The molecule has 1 atom stereocenters. The van der Waals surface area contributed by atoms with Crippen molar-refractivity contribution in [2.75, 3.05) is 6.54 Å². The summed E-state index contributed by atoms with van der Waals surface area (Å²) in [5.74, 6) is 0. The van der Waals surface area contributed by atoms with Gasteiger partial charge >= 0.3 is 0 Å². The first kappa shape index (κ1) is 14.1. The van der Waals surface area contributed by atoms with E-state index in [4.69, 9.17) is 0 Å². The fourth-order valence-electron chi connectivity index (χ4n) is 1.93. The third-order valence-electron chi connectivity index (χ3n) is 3.02. The molecule has 1 heterocycles. The van der Waals surface area contributed by atoms with Gasteiger partial charge < -0.3 is 5.32 Å². The summed E-state index contributed by atoms with van der Waals surface area (Å²) in [5.41, 5.74) is 1.52. The Morgan fingerprint density at radius 1 is 1.24 bits per heavy atom.